The Bertz CT molecular complexity index is 836. The van der Waals surface area contributed by atoms with Crippen LogP contribution in [0.15, 0.2) is 30.5 Å². The van der Waals surface area contributed by atoms with E-state index >= 15 is 0 Å². The molecule has 3 aromatic rings. The fourth-order valence-electron chi connectivity index (χ4n) is 2.88. The maximum atomic E-state index is 9.20. The van der Waals surface area contributed by atoms with E-state index in [9.17, 15) is 5.26 Å². The van der Waals surface area contributed by atoms with Gasteiger partial charge in [0.05, 0.1) is 11.7 Å². The van der Waals surface area contributed by atoms with Crippen molar-refractivity contribution in [2.45, 2.75) is 12.8 Å². The number of nitriles is 1. The molecule has 98 valence electrons. The van der Waals surface area contributed by atoms with Crippen LogP contribution in [0.2, 0.25) is 0 Å². The Morgan fingerprint density at radius 1 is 1.15 bits per heavy atom. The van der Waals surface area contributed by atoms with E-state index in [1.807, 2.05) is 18.2 Å². The summed E-state index contributed by atoms with van der Waals surface area (Å²) in [4.78, 5) is 7.02. The first-order chi connectivity index (χ1) is 9.88. The molecule has 1 aromatic carbocycles. The van der Waals surface area contributed by atoms with E-state index in [-0.39, 0.29) is 0 Å². The monoisotopic (exact) mass is 263 g/mol. The molecule has 20 heavy (non-hydrogen) atoms. The highest BCUT2D eigenvalue weighted by Crippen LogP contribution is 2.29. The molecule has 0 bridgehead atoms. The summed E-state index contributed by atoms with van der Waals surface area (Å²) in [6.45, 7) is 2.06. The molecule has 0 spiro atoms. The quantitative estimate of drug-likeness (QED) is 0.676. The normalized spacial score (nSPS) is 15.1. The molecule has 0 aliphatic carbocycles. The van der Waals surface area contributed by atoms with Crippen LogP contribution in [0.1, 0.15) is 18.4 Å². The summed E-state index contributed by atoms with van der Waals surface area (Å²) in [7, 11) is 0. The third-order valence-electron chi connectivity index (χ3n) is 3.85. The Morgan fingerprint density at radius 2 is 1.95 bits per heavy atom. The zero-order chi connectivity index (χ0) is 13.5. The maximum Gasteiger partial charge on any atom is 0.175 e. The second-order valence-corrected chi connectivity index (χ2v) is 5.05. The standard InChI is InChI=1S/C15H13N5/c16-9-11-10-17-20-13-6-2-1-5-12(13)15(18-14(11)20)19-7-3-4-8-19/h1-2,5-6,10H,3-4,7-8H2. The van der Waals surface area contributed by atoms with Gasteiger partial charge >= 0.3 is 0 Å². The van der Waals surface area contributed by atoms with Gasteiger partial charge in [-0.15, -0.1) is 0 Å². The van der Waals surface area contributed by atoms with Crippen LogP contribution in [0.5, 0.6) is 0 Å². The van der Waals surface area contributed by atoms with Gasteiger partial charge in [-0.05, 0) is 25.0 Å². The van der Waals surface area contributed by atoms with Crippen molar-refractivity contribution >= 4 is 22.4 Å². The summed E-state index contributed by atoms with van der Waals surface area (Å²) in [6, 6.07) is 10.3. The minimum Gasteiger partial charge on any atom is -0.356 e. The minimum absolute atomic E-state index is 0.524. The number of aromatic nitrogens is 3. The van der Waals surface area contributed by atoms with Crippen molar-refractivity contribution in [3.05, 3.63) is 36.0 Å². The molecule has 5 heteroatoms. The number of hydrogen-bond donors (Lipinski definition) is 0. The van der Waals surface area contributed by atoms with E-state index in [1.165, 1.54) is 12.8 Å². The van der Waals surface area contributed by atoms with Crippen LogP contribution in [0.4, 0.5) is 5.82 Å². The second kappa shape index (κ2) is 4.20. The molecule has 0 amide bonds. The van der Waals surface area contributed by atoms with Crippen molar-refractivity contribution < 1.29 is 0 Å². The average molecular weight is 263 g/mol. The zero-order valence-electron chi connectivity index (χ0n) is 11.0. The van der Waals surface area contributed by atoms with Crippen molar-refractivity contribution in [3.63, 3.8) is 0 Å². The number of fused-ring (bicyclic) bond motifs is 3. The van der Waals surface area contributed by atoms with Gasteiger partial charge in [-0.25, -0.2) is 9.50 Å². The molecule has 1 saturated heterocycles. The Balaban J connectivity index is 2.11. The molecule has 4 rings (SSSR count). The lowest BCUT2D eigenvalue weighted by molar-refractivity contribution is 0.927. The molecule has 5 nitrogen and oxygen atoms in total. The van der Waals surface area contributed by atoms with Gasteiger partial charge < -0.3 is 4.90 Å². The van der Waals surface area contributed by atoms with Crippen LogP contribution in [0.3, 0.4) is 0 Å². The van der Waals surface area contributed by atoms with E-state index in [1.54, 1.807) is 10.7 Å². The summed E-state index contributed by atoms with van der Waals surface area (Å²) in [5.41, 5.74) is 2.17. The highest BCUT2D eigenvalue weighted by molar-refractivity contribution is 5.92. The van der Waals surface area contributed by atoms with Gasteiger partial charge in [-0.1, -0.05) is 12.1 Å². The van der Waals surface area contributed by atoms with Gasteiger partial charge in [0.25, 0.3) is 0 Å². The largest absolute Gasteiger partial charge is 0.356 e. The van der Waals surface area contributed by atoms with E-state index in [2.05, 4.69) is 22.1 Å². The third kappa shape index (κ3) is 1.48. The summed E-state index contributed by atoms with van der Waals surface area (Å²) in [5.74, 6) is 0.975. The van der Waals surface area contributed by atoms with Crippen molar-refractivity contribution in [2.75, 3.05) is 18.0 Å². The van der Waals surface area contributed by atoms with E-state index < -0.39 is 0 Å². The van der Waals surface area contributed by atoms with Gasteiger partial charge in [-0.3, -0.25) is 0 Å². The molecule has 1 fully saturated rings. The van der Waals surface area contributed by atoms with Crippen molar-refractivity contribution in [1.82, 2.24) is 14.6 Å². The van der Waals surface area contributed by atoms with Crippen LogP contribution in [-0.4, -0.2) is 27.7 Å². The van der Waals surface area contributed by atoms with Crippen LogP contribution in [0.25, 0.3) is 16.6 Å². The molecular formula is C15H13N5. The Kier molecular flexibility index (Phi) is 2.36. The summed E-state index contributed by atoms with van der Waals surface area (Å²) >= 11 is 0. The van der Waals surface area contributed by atoms with Crippen LogP contribution in [0, 0.1) is 11.3 Å². The highest BCUT2D eigenvalue weighted by Gasteiger charge is 2.19. The van der Waals surface area contributed by atoms with E-state index in [0.717, 1.165) is 29.8 Å². The van der Waals surface area contributed by atoms with Gasteiger partial charge in [0, 0.05) is 18.5 Å². The Labute approximate surface area is 116 Å². The lowest BCUT2D eigenvalue weighted by Crippen LogP contribution is -2.20. The molecule has 3 heterocycles. The molecule has 0 unspecified atom stereocenters. The first-order valence-electron chi connectivity index (χ1n) is 6.80. The number of hydrogen-bond acceptors (Lipinski definition) is 4. The van der Waals surface area contributed by atoms with Crippen LogP contribution < -0.4 is 4.90 Å². The van der Waals surface area contributed by atoms with E-state index in [0.29, 0.717) is 11.2 Å². The van der Waals surface area contributed by atoms with Crippen molar-refractivity contribution in [3.8, 4) is 6.07 Å². The Morgan fingerprint density at radius 3 is 2.75 bits per heavy atom. The lowest BCUT2D eigenvalue weighted by atomic mass is 10.2. The molecule has 0 radical (unpaired) electrons. The average Bonchev–Trinajstić information content (AvgIpc) is 3.15. The number of benzene rings is 1. The molecule has 0 saturated carbocycles. The lowest BCUT2D eigenvalue weighted by Gasteiger charge is -2.19. The van der Waals surface area contributed by atoms with E-state index in [4.69, 9.17) is 4.98 Å². The highest BCUT2D eigenvalue weighted by atomic mass is 15.3. The van der Waals surface area contributed by atoms with Gasteiger partial charge in [-0.2, -0.15) is 10.4 Å². The topological polar surface area (TPSA) is 57.2 Å². The van der Waals surface area contributed by atoms with Crippen molar-refractivity contribution in [1.29, 1.82) is 5.26 Å². The van der Waals surface area contributed by atoms with Crippen LogP contribution in [-0.2, 0) is 0 Å². The zero-order valence-corrected chi connectivity index (χ0v) is 11.0. The molecule has 1 aliphatic heterocycles. The second-order valence-electron chi connectivity index (χ2n) is 5.05. The van der Waals surface area contributed by atoms with Gasteiger partial charge in [0.15, 0.2) is 5.65 Å². The third-order valence-corrected chi connectivity index (χ3v) is 3.85. The number of nitrogens with zero attached hydrogens (tertiary/aromatic N) is 5. The van der Waals surface area contributed by atoms with Gasteiger partial charge in [0.2, 0.25) is 0 Å². The first kappa shape index (κ1) is 11.2. The fourth-order valence-corrected chi connectivity index (χ4v) is 2.88. The predicted molar refractivity (Wildman–Crippen MR) is 76.7 cm³/mol. The predicted octanol–water partition coefficient (Wildman–Crippen LogP) is 2.35. The summed E-state index contributed by atoms with van der Waals surface area (Å²) in [5, 5.41) is 14.6. The number of anilines is 1. The smallest absolute Gasteiger partial charge is 0.175 e. The fraction of sp³-hybridized carbons (Fsp3) is 0.267. The molecule has 0 N–H and O–H groups in total. The first-order valence-corrected chi connectivity index (χ1v) is 6.80. The van der Waals surface area contributed by atoms with Crippen LogP contribution >= 0.6 is 0 Å². The summed E-state index contributed by atoms with van der Waals surface area (Å²) < 4.78 is 1.76. The van der Waals surface area contributed by atoms with Crippen molar-refractivity contribution in [2.24, 2.45) is 0 Å². The molecule has 2 aromatic heterocycles. The maximum absolute atomic E-state index is 9.20. The molecule has 0 atom stereocenters. The SMILES string of the molecule is N#Cc1cnn2c1nc(N1CCCC1)c1ccccc12. The molecular weight excluding hydrogens is 250 g/mol. The van der Waals surface area contributed by atoms with Gasteiger partial charge in [0.1, 0.15) is 17.5 Å². The summed E-state index contributed by atoms with van der Waals surface area (Å²) in [6.07, 6.45) is 3.99. The Hall–Kier alpha value is -2.61. The minimum atomic E-state index is 0.524. The molecule has 1 aliphatic rings. The number of rotatable bonds is 1. The number of para-hydroxylation sites is 1.